The highest BCUT2D eigenvalue weighted by Gasteiger charge is 2.15. The molecule has 0 radical (unpaired) electrons. The van der Waals surface area contributed by atoms with Gasteiger partial charge in [-0.15, -0.1) is 11.3 Å². The van der Waals surface area contributed by atoms with Gasteiger partial charge in [-0.2, -0.15) is 0 Å². The largest absolute Gasteiger partial charge is 0.248 e. The van der Waals surface area contributed by atoms with E-state index in [-0.39, 0.29) is 0 Å². The third-order valence-electron chi connectivity index (χ3n) is 5.02. The molecule has 0 fully saturated rings. The Morgan fingerprint density at radius 3 is 2.52 bits per heavy atom. The Morgan fingerprint density at radius 1 is 0.680 bits per heavy atom. The zero-order chi connectivity index (χ0) is 16.4. The van der Waals surface area contributed by atoms with E-state index in [4.69, 9.17) is 4.98 Å². The van der Waals surface area contributed by atoms with Crippen LogP contribution in [0.1, 0.15) is 11.1 Å². The molecule has 6 rings (SSSR count). The van der Waals surface area contributed by atoms with Crippen molar-refractivity contribution in [3.63, 3.8) is 0 Å². The smallest absolute Gasteiger partial charge is 0.0722 e. The molecule has 0 unspecified atom stereocenters. The first-order valence-corrected chi connectivity index (χ1v) is 9.23. The Bertz CT molecular complexity index is 1340. The molecule has 1 aliphatic carbocycles. The number of rotatable bonds is 1. The van der Waals surface area contributed by atoms with E-state index in [1.807, 2.05) is 11.3 Å². The molecule has 1 nitrogen and oxygen atoms in total. The lowest BCUT2D eigenvalue weighted by atomic mass is 10.0. The number of hydrogen-bond donors (Lipinski definition) is 0. The fourth-order valence-corrected chi connectivity index (χ4v) is 5.05. The van der Waals surface area contributed by atoms with E-state index < -0.39 is 0 Å². The second-order valence-electron chi connectivity index (χ2n) is 6.45. The van der Waals surface area contributed by atoms with Crippen molar-refractivity contribution in [1.82, 2.24) is 4.98 Å². The Hall–Kier alpha value is -2.97. The van der Waals surface area contributed by atoms with Crippen LogP contribution in [0, 0.1) is 0 Å². The van der Waals surface area contributed by atoms with Gasteiger partial charge in [-0.05, 0) is 35.4 Å². The topological polar surface area (TPSA) is 12.9 Å². The minimum Gasteiger partial charge on any atom is -0.248 e. The second-order valence-corrected chi connectivity index (χ2v) is 7.53. The minimum atomic E-state index is 1.06. The average molecular weight is 335 g/mol. The molecular formula is C23H13NS. The van der Waals surface area contributed by atoms with Gasteiger partial charge in [-0.25, -0.2) is 4.98 Å². The molecule has 25 heavy (non-hydrogen) atoms. The molecule has 0 saturated carbocycles. The number of benzene rings is 3. The van der Waals surface area contributed by atoms with Gasteiger partial charge in [0.15, 0.2) is 0 Å². The number of pyridine rings is 1. The van der Waals surface area contributed by atoms with E-state index in [1.54, 1.807) is 0 Å². The lowest BCUT2D eigenvalue weighted by molar-refractivity contribution is 1.41. The van der Waals surface area contributed by atoms with Crippen LogP contribution in [0.4, 0.5) is 0 Å². The standard InChI is InChI=1S/C23H13NS/c1-2-9-20-17(6-1)23-16(7-4-10-21(23)25-20)19-13-15-12-11-14-5-3-8-18(24-19)22(14)15/h1-13H. The van der Waals surface area contributed by atoms with Gasteiger partial charge in [0.05, 0.1) is 11.2 Å². The molecule has 0 atom stereocenters. The van der Waals surface area contributed by atoms with E-state index in [2.05, 4.69) is 78.9 Å². The van der Waals surface area contributed by atoms with Crippen LogP contribution in [-0.2, 0) is 0 Å². The van der Waals surface area contributed by atoms with Gasteiger partial charge in [0.2, 0.25) is 0 Å². The van der Waals surface area contributed by atoms with Crippen LogP contribution < -0.4 is 0 Å². The third-order valence-corrected chi connectivity index (χ3v) is 6.15. The van der Waals surface area contributed by atoms with Crippen LogP contribution in [0.15, 0.2) is 66.7 Å². The number of hydrogen-bond acceptors (Lipinski definition) is 2. The molecule has 0 aliphatic heterocycles. The Labute approximate surface area is 148 Å². The second kappa shape index (κ2) is 4.78. The van der Waals surface area contributed by atoms with Crippen molar-refractivity contribution in [3.05, 3.63) is 77.9 Å². The summed E-state index contributed by atoms with van der Waals surface area (Å²) in [5, 5.41) is 3.91. The van der Waals surface area contributed by atoms with Gasteiger partial charge in [-0.3, -0.25) is 0 Å². The lowest BCUT2D eigenvalue weighted by Gasteiger charge is -2.08. The highest BCUT2D eigenvalue weighted by molar-refractivity contribution is 7.25. The summed E-state index contributed by atoms with van der Waals surface area (Å²) in [5.74, 6) is 0. The summed E-state index contributed by atoms with van der Waals surface area (Å²) in [7, 11) is 0. The molecule has 5 aromatic rings. The SMILES string of the molecule is C1=Cc2cc(-c3cccc4sc5ccccc5c34)nc3cccc1c23. The van der Waals surface area contributed by atoms with Gasteiger partial charge >= 0.3 is 0 Å². The van der Waals surface area contributed by atoms with Gasteiger partial charge < -0.3 is 0 Å². The maximum atomic E-state index is 5.01. The van der Waals surface area contributed by atoms with Crippen LogP contribution in [0.25, 0.3) is 54.5 Å². The molecule has 0 N–H and O–H groups in total. The first kappa shape index (κ1) is 13.3. The van der Waals surface area contributed by atoms with E-state index in [0.29, 0.717) is 0 Å². The van der Waals surface area contributed by atoms with Crippen LogP contribution in [0.5, 0.6) is 0 Å². The van der Waals surface area contributed by atoms with Gasteiger partial charge in [0.25, 0.3) is 0 Å². The zero-order valence-corrected chi connectivity index (χ0v) is 14.2. The summed E-state index contributed by atoms with van der Waals surface area (Å²) >= 11 is 1.85. The van der Waals surface area contributed by atoms with Gasteiger partial charge in [0.1, 0.15) is 0 Å². The monoisotopic (exact) mass is 335 g/mol. The van der Waals surface area contributed by atoms with Gasteiger partial charge in [0, 0.05) is 31.1 Å². The molecule has 1 aliphatic rings. The predicted octanol–water partition coefficient (Wildman–Crippen LogP) is 6.75. The zero-order valence-electron chi connectivity index (χ0n) is 13.4. The third kappa shape index (κ3) is 1.80. The maximum absolute atomic E-state index is 5.01. The van der Waals surface area contributed by atoms with E-state index >= 15 is 0 Å². The molecule has 0 saturated heterocycles. The van der Waals surface area contributed by atoms with Crippen molar-refractivity contribution in [3.8, 4) is 11.3 Å². The van der Waals surface area contributed by atoms with E-state index in [1.165, 1.54) is 42.2 Å². The first-order chi connectivity index (χ1) is 12.4. The molecule has 3 aromatic carbocycles. The summed E-state index contributed by atoms with van der Waals surface area (Å²) in [5.41, 5.74) is 5.89. The fraction of sp³-hybridized carbons (Fsp3) is 0. The molecule has 2 heterocycles. The summed E-state index contributed by atoms with van der Waals surface area (Å²) in [6.07, 6.45) is 4.39. The number of fused-ring (bicyclic) bond motifs is 3. The predicted molar refractivity (Wildman–Crippen MR) is 109 cm³/mol. The lowest BCUT2D eigenvalue weighted by Crippen LogP contribution is -1.89. The van der Waals surface area contributed by atoms with E-state index in [0.717, 1.165) is 11.2 Å². The Kier molecular flexibility index (Phi) is 2.55. The molecule has 2 heteroatoms. The highest BCUT2D eigenvalue weighted by Crippen LogP contribution is 2.41. The quantitative estimate of drug-likeness (QED) is 0.324. The van der Waals surface area contributed by atoms with Crippen LogP contribution >= 0.6 is 11.3 Å². The number of nitrogens with zero attached hydrogens (tertiary/aromatic N) is 1. The van der Waals surface area contributed by atoms with Crippen LogP contribution in [0.2, 0.25) is 0 Å². The molecule has 2 aromatic heterocycles. The Morgan fingerprint density at radius 2 is 1.52 bits per heavy atom. The van der Waals surface area contributed by atoms with Crippen molar-refractivity contribution < 1.29 is 0 Å². The highest BCUT2D eigenvalue weighted by atomic mass is 32.1. The normalized spacial score (nSPS) is 12.6. The first-order valence-electron chi connectivity index (χ1n) is 8.41. The maximum Gasteiger partial charge on any atom is 0.0722 e. The number of thiophene rings is 1. The summed E-state index contributed by atoms with van der Waals surface area (Å²) in [6, 6.07) is 23.8. The van der Waals surface area contributed by atoms with Crippen molar-refractivity contribution >= 4 is 54.6 Å². The number of aromatic nitrogens is 1. The molecule has 0 amide bonds. The van der Waals surface area contributed by atoms with Crippen LogP contribution in [-0.4, -0.2) is 4.98 Å². The molecular weight excluding hydrogens is 322 g/mol. The summed E-state index contributed by atoms with van der Waals surface area (Å²) < 4.78 is 2.65. The fourth-order valence-electron chi connectivity index (χ4n) is 3.92. The van der Waals surface area contributed by atoms with Crippen molar-refractivity contribution in [2.75, 3.05) is 0 Å². The van der Waals surface area contributed by atoms with Crippen molar-refractivity contribution in [2.24, 2.45) is 0 Å². The molecule has 0 bridgehead atoms. The Balaban J connectivity index is 1.74. The van der Waals surface area contributed by atoms with Crippen molar-refractivity contribution in [1.29, 1.82) is 0 Å². The van der Waals surface area contributed by atoms with E-state index in [9.17, 15) is 0 Å². The summed E-state index contributed by atoms with van der Waals surface area (Å²) in [6.45, 7) is 0. The van der Waals surface area contributed by atoms with Crippen LogP contribution in [0.3, 0.4) is 0 Å². The molecule has 0 spiro atoms. The minimum absolute atomic E-state index is 1.06. The average Bonchev–Trinajstić information content (AvgIpc) is 3.24. The summed E-state index contributed by atoms with van der Waals surface area (Å²) in [4.78, 5) is 5.01. The molecule has 116 valence electrons. The van der Waals surface area contributed by atoms with Gasteiger partial charge in [-0.1, -0.05) is 54.6 Å². The van der Waals surface area contributed by atoms with Crippen molar-refractivity contribution in [2.45, 2.75) is 0 Å².